The zero-order valence-corrected chi connectivity index (χ0v) is 21.3. The highest BCUT2D eigenvalue weighted by molar-refractivity contribution is 7.19. The molecule has 0 amide bonds. The van der Waals surface area contributed by atoms with Crippen LogP contribution in [-0.2, 0) is 17.8 Å². The zero-order chi connectivity index (χ0) is 25.2. The average Bonchev–Trinajstić information content (AvgIpc) is 3.22. The predicted octanol–water partition coefficient (Wildman–Crippen LogP) is 3.96. The van der Waals surface area contributed by atoms with E-state index < -0.39 is 0 Å². The number of thiophene rings is 1. The van der Waals surface area contributed by atoms with Gasteiger partial charge in [-0.25, -0.2) is 4.68 Å². The summed E-state index contributed by atoms with van der Waals surface area (Å²) in [5.74, 6) is 0. The van der Waals surface area contributed by atoms with Crippen LogP contribution >= 0.6 is 22.9 Å². The lowest BCUT2D eigenvalue weighted by atomic mass is 9.92. The van der Waals surface area contributed by atoms with Gasteiger partial charge in [0.2, 0.25) is 0 Å². The minimum Gasteiger partial charge on any atom is -0.483 e. The van der Waals surface area contributed by atoms with E-state index in [0.29, 0.717) is 12.6 Å². The maximum atomic E-state index is 12.3. The Labute approximate surface area is 217 Å². The van der Waals surface area contributed by atoms with Crippen molar-refractivity contribution in [2.75, 3.05) is 24.5 Å². The molecule has 8 nitrogen and oxygen atoms in total. The Morgan fingerprint density at radius 2 is 2.06 bits per heavy atom. The molecule has 0 saturated carbocycles. The first-order chi connectivity index (χ1) is 17.5. The van der Waals surface area contributed by atoms with Crippen molar-refractivity contribution >= 4 is 45.3 Å². The first kappa shape index (κ1) is 24.4. The number of hydrogen-bond acceptors (Lipinski definition) is 7. The van der Waals surface area contributed by atoms with Gasteiger partial charge in [-0.2, -0.15) is 5.10 Å². The van der Waals surface area contributed by atoms with Crippen LogP contribution in [0.3, 0.4) is 0 Å². The minimum atomic E-state index is -0.250. The molecule has 1 fully saturated rings. The monoisotopic (exact) mass is 523 g/mol. The van der Waals surface area contributed by atoms with Crippen molar-refractivity contribution < 1.29 is 9.90 Å². The molecule has 2 aliphatic rings. The molecule has 0 atom stereocenters. The first-order valence-electron chi connectivity index (χ1n) is 11.8. The number of nitrogens with zero attached hydrogens (tertiary/aromatic N) is 4. The van der Waals surface area contributed by atoms with E-state index in [9.17, 15) is 4.79 Å². The van der Waals surface area contributed by atoms with Gasteiger partial charge in [0.05, 0.1) is 29.0 Å². The summed E-state index contributed by atoms with van der Waals surface area (Å²) >= 11 is 8.29. The van der Waals surface area contributed by atoms with E-state index in [1.165, 1.54) is 21.5 Å². The fourth-order valence-electron chi connectivity index (χ4n) is 4.87. The highest BCUT2D eigenvalue weighted by Gasteiger charge is 2.31. The standard InChI is InChI=1S/C25H24ClN5OS.CH2O2/c1-15-7-23(32)31(29-11-15)14-19-10-22-25(33-19)20(4-5-28-22)21-9-17(26)8-16-3-2-6-30(24(16)21)18-12-27-13-18;2-1-3/h4-5,7-11,18,27H,2-3,6,12-14H2,1H3;1H,(H,2,3). The van der Waals surface area contributed by atoms with Gasteiger partial charge in [0.15, 0.2) is 0 Å². The fraction of sp³-hybridized carbons (Fsp3) is 0.308. The molecule has 2 N–H and O–H groups in total. The van der Waals surface area contributed by atoms with Crippen molar-refractivity contribution in [2.24, 2.45) is 0 Å². The summed E-state index contributed by atoms with van der Waals surface area (Å²) < 4.78 is 2.62. The van der Waals surface area contributed by atoms with E-state index in [1.807, 2.05) is 13.1 Å². The van der Waals surface area contributed by atoms with Gasteiger partial charge < -0.3 is 15.3 Å². The van der Waals surface area contributed by atoms with Crippen LogP contribution in [0.2, 0.25) is 5.02 Å². The highest BCUT2D eigenvalue weighted by Crippen LogP contribution is 2.44. The van der Waals surface area contributed by atoms with Crippen LogP contribution in [0.25, 0.3) is 21.3 Å². The third kappa shape index (κ3) is 4.74. The summed E-state index contributed by atoms with van der Waals surface area (Å²) in [4.78, 5) is 29.0. The molecule has 0 spiro atoms. The molecule has 3 aromatic heterocycles. The number of fused-ring (bicyclic) bond motifs is 2. The third-order valence-corrected chi connectivity index (χ3v) is 7.91. The number of hydrogen-bond donors (Lipinski definition) is 2. The summed E-state index contributed by atoms with van der Waals surface area (Å²) in [6.45, 7) is 5.18. The van der Waals surface area contributed by atoms with E-state index in [-0.39, 0.29) is 12.0 Å². The second-order valence-electron chi connectivity index (χ2n) is 8.99. The number of pyridine rings is 1. The first-order valence-corrected chi connectivity index (χ1v) is 13.0. The fourth-order valence-corrected chi connectivity index (χ4v) is 6.23. The molecule has 0 radical (unpaired) electrons. The minimum absolute atomic E-state index is 0.0886. The van der Waals surface area contributed by atoms with Crippen LogP contribution < -0.4 is 15.8 Å². The molecule has 10 heteroatoms. The Kier molecular flexibility index (Phi) is 7.04. The molecule has 186 valence electrons. The lowest BCUT2D eigenvalue weighted by molar-refractivity contribution is -0.122. The van der Waals surface area contributed by atoms with E-state index in [4.69, 9.17) is 21.5 Å². The van der Waals surface area contributed by atoms with Crippen LogP contribution in [0.15, 0.2) is 47.5 Å². The molecule has 5 heterocycles. The van der Waals surface area contributed by atoms with Crippen LogP contribution in [0.1, 0.15) is 22.4 Å². The molecular formula is C26H26ClN5O3S. The molecule has 0 aliphatic carbocycles. The normalized spacial score (nSPS) is 15.1. The number of anilines is 1. The largest absolute Gasteiger partial charge is 0.483 e. The molecule has 0 bridgehead atoms. The Bertz CT molecular complexity index is 1480. The quantitative estimate of drug-likeness (QED) is 0.390. The second kappa shape index (κ2) is 10.4. The SMILES string of the molecule is Cc1cnn(Cc2cc3nccc(-c4cc(Cl)cc5c4N(C4CNC4)CCC5)c3s2)c(=O)c1.O=CO. The van der Waals surface area contributed by atoms with Gasteiger partial charge >= 0.3 is 0 Å². The van der Waals surface area contributed by atoms with Crippen molar-refractivity contribution in [1.82, 2.24) is 20.1 Å². The van der Waals surface area contributed by atoms with E-state index in [1.54, 1.807) is 23.6 Å². The summed E-state index contributed by atoms with van der Waals surface area (Å²) in [6, 6.07) is 10.5. The number of nitrogens with one attached hydrogen (secondary N) is 1. The maximum Gasteiger partial charge on any atom is 0.290 e. The van der Waals surface area contributed by atoms with E-state index >= 15 is 0 Å². The van der Waals surface area contributed by atoms with E-state index in [2.05, 4.69) is 44.6 Å². The predicted molar refractivity (Wildman–Crippen MR) is 143 cm³/mol. The highest BCUT2D eigenvalue weighted by atomic mass is 35.5. The molecule has 1 aromatic carbocycles. The van der Waals surface area contributed by atoms with Crippen molar-refractivity contribution in [1.29, 1.82) is 0 Å². The molecule has 36 heavy (non-hydrogen) atoms. The van der Waals surface area contributed by atoms with Crippen molar-refractivity contribution in [2.45, 2.75) is 32.4 Å². The third-order valence-electron chi connectivity index (χ3n) is 6.55. The maximum absolute atomic E-state index is 12.3. The zero-order valence-electron chi connectivity index (χ0n) is 19.8. The summed E-state index contributed by atoms with van der Waals surface area (Å²) in [5, 5.41) is 15.4. The lowest BCUT2D eigenvalue weighted by Gasteiger charge is -2.44. The topological polar surface area (TPSA) is 100 Å². The Morgan fingerprint density at radius 3 is 2.78 bits per heavy atom. The van der Waals surface area contributed by atoms with Gasteiger partial charge in [-0.15, -0.1) is 11.3 Å². The Balaban J connectivity index is 0.000000848. The number of benzene rings is 1. The van der Waals surface area contributed by atoms with E-state index in [0.717, 1.165) is 63.7 Å². The number of aromatic nitrogens is 3. The van der Waals surface area contributed by atoms with Gasteiger partial charge in [-0.05, 0) is 55.2 Å². The van der Waals surface area contributed by atoms with Gasteiger partial charge in [-0.3, -0.25) is 14.6 Å². The molecule has 4 aromatic rings. The molecule has 6 rings (SSSR count). The Morgan fingerprint density at radius 1 is 1.25 bits per heavy atom. The van der Waals surface area contributed by atoms with Crippen LogP contribution in [0.4, 0.5) is 5.69 Å². The number of carboxylic acid groups (broad SMARTS) is 1. The average molecular weight is 524 g/mol. The number of halogens is 1. The summed E-state index contributed by atoms with van der Waals surface area (Å²) in [7, 11) is 0. The van der Waals surface area contributed by atoms with Gasteiger partial charge in [0, 0.05) is 58.6 Å². The second-order valence-corrected chi connectivity index (χ2v) is 10.6. The van der Waals surface area contributed by atoms with Crippen LogP contribution in [0.5, 0.6) is 0 Å². The molecular weight excluding hydrogens is 498 g/mol. The van der Waals surface area contributed by atoms with Gasteiger partial charge in [-0.1, -0.05) is 11.6 Å². The van der Waals surface area contributed by atoms with Crippen molar-refractivity contribution in [3.63, 3.8) is 0 Å². The Hall–Kier alpha value is -3.27. The van der Waals surface area contributed by atoms with Crippen LogP contribution in [-0.4, -0.2) is 52.0 Å². The number of rotatable bonds is 4. The molecule has 0 unspecified atom stereocenters. The van der Waals surface area contributed by atoms with Crippen LogP contribution in [0, 0.1) is 6.92 Å². The molecule has 2 aliphatic heterocycles. The van der Waals surface area contributed by atoms with Gasteiger partial charge in [0.1, 0.15) is 0 Å². The summed E-state index contributed by atoms with van der Waals surface area (Å²) in [5.41, 5.74) is 6.69. The number of carbonyl (C=O) groups is 1. The van der Waals surface area contributed by atoms with Crippen molar-refractivity contribution in [3.05, 3.63) is 74.1 Å². The summed E-state index contributed by atoms with van der Waals surface area (Å²) in [6.07, 6.45) is 5.79. The van der Waals surface area contributed by atoms with Crippen molar-refractivity contribution in [3.8, 4) is 11.1 Å². The van der Waals surface area contributed by atoms with Gasteiger partial charge in [0.25, 0.3) is 12.0 Å². The lowest BCUT2D eigenvalue weighted by Crippen LogP contribution is -2.58. The molecule has 1 saturated heterocycles. The smallest absolute Gasteiger partial charge is 0.290 e. The number of aryl methyl sites for hydroxylation is 2.